The second-order valence-electron chi connectivity index (χ2n) is 12.1. The summed E-state index contributed by atoms with van der Waals surface area (Å²) in [4.78, 5) is 68.2. The molecule has 0 heterocycles. The van der Waals surface area contributed by atoms with Gasteiger partial charge in [-0.25, -0.2) is 4.79 Å². The first-order chi connectivity index (χ1) is 24.3. The first kappa shape index (κ1) is 46.9. The lowest BCUT2D eigenvalue weighted by Gasteiger charge is -2.14. The monoisotopic (exact) mass is 717 g/mol. The van der Waals surface area contributed by atoms with E-state index >= 15 is 0 Å². The number of aliphatic carboxylic acids is 2. The molecule has 3 amide bonds. The van der Waals surface area contributed by atoms with Gasteiger partial charge in [-0.3, -0.25) is 19.2 Å². The van der Waals surface area contributed by atoms with Crippen molar-refractivity contribution in [1.29, 1.82) is 0 Å². The Labute approximate surface area is 297 Å². The van der Waals surface area contributed by atoms with Crippen molar-refractivity contribution >= 4 is 35.9 Å². The van der Waals surface area contributed by atoms with Gasteiger partial charge in [-0.1, -0.05) is 77.0 Å². The van der Waals surface area contributed by atoms with Gasteiger partial charge in [-0.15, -0.1) is 0 Å². The number of carbonyl (C=O) groups excluding carboxylic acids is 4. The lowest BCUT2D eigenvalue weighted by molar-refractivity contribution is -0.142. The molecule has 0 saturated heterocycles. The van der Waals surface area contributed by atoms with Crippen molar-refractivity contribution < 1.29 is 57.9 Å². The van der Waals surface area contributed by atoms with Gasteiger partial charge in [0.2, 0.25) is 17.7 Å². The molecule has 1 atom stereocenters. The van der Waals surface area contributed by atoms with Gasteiger partial charge in [-0.05, 0) is 19.3 Å². The summed E-state index contributed by atoms with van der Waals surface area (Å²) in [7, 11) is 0. The minimum atomic E-state index is -1.18. The summed E-state index contributed by atoms with van der Waals surface area (Å²) >= 11 is 0. The zero-order valence-electron chi connectivity index (χ0n) is 29.9. The Morgan fingerprint density at radius 1 is 0.520 bits per heavy atom. The van der Waals surface area contributed by atoms with E-state index in [4.69, 9.17) is 24.1 Å². The smallest absolute Gasteiger partial charge is 0.326 e. The van der Waals surface area contributed by atoms with E-state index < -0.39 is 18.0 Å². The summed E-state index contributed by atoms with van der Waals surface area (Å²) in [6.07, 6.45) is 16.3. The molecular formula is C35H63N3O12. The molecule has 5 N–H and O–H groups in total. The van der Waals surface area contributed by atoms with E-state index in [0.29, 0.717) is 39.1 Å². The van der Waals surface area contributed by atoms with Crippen LogP contribution in [0.3, 0.4) is 0 Å². The molecule has 0 radical (unpaired) electrons. The van der Waals surface area contributed by atoms with E-state index in [1.807, 2.05) is 0 Å². The van der Waals surface area contributed by atoms with Crippen LogP contribution < -0.4 is 16.0 Å². The van der Waals surface area contributed by atoms with Gasteiger partial charge in [0.15, 0.2) is 0 Å². The van der Waals surface area contributed by atoms with Crippen LogP contribution in [0.4, 0.5) is 0 Å². The third kappa shape index (κ3) is 34.7. The van der Waals surface area contributed by atoms with Crippen molar-refractivity contribution in [1.82, 2.24) is 16.0 Å². The summed E-state index contributed by atoms with van der Waals surface area (Å²) in [5.41, 5.74) is 0. The third-order valence-corrected chi connectivity index (χ3v) is 7.64. The largest absolute Gasteiger partial charge is 0.481 e. The lowest BCUT2D eigenvalue weighted by Crippen LogP contribution is -2.41. The Balaban J connectivity index is 3.66. The zero-order chi connectivity index (χ0) is 36.9. The highest BCUT2D eigenvalue weighted by atomic mass is 16.5. The fraction of sp³-hybridized carbons (Fsp3) is 0.829. The second kappa shape index (κ2) is 35.7. The van der Waals surface area contributed by atoms with E-state index in [0.717, 1.165) is 38.5 Å². The summed E-state index contributed by atoms with van der Waals surface area (Å²) < 4.78 is 20.7. The van der Waals surface area contributed by atoms with E-state index in [-0.39, 0.29) is 83.0 Å². The Morgan fingerprint density at radius 3 is 1.48 bits per heavy atom. The first-order valence-electron chi connectivity index (χ1n) is 18.3. The molecule has 0 spiro atoms. The zero-order valence-corrected chi connectivity index (χ0v) is 29.9. The van der Waals surface area contributed by atoms with Crippen molar-refractivity contribution in [2.75, 3.05) is 65.9 Å². The highest BCUT2D eigenvalue weighted by Gasteiger charge is 2.20. The summed E-state index contributed by atoms with van der Waals surface area (Å²) in [6, 6.07) is -1.13. The van der Waals surface area contributed by atoms with Gasteiger partial charge in [-0.2, -0.15) is 0 Å². The molecule has 0 unspecified atom stereocenters. The number of hydrogen-bond acceptors (Lipinski definition) is 10. The molecule has 0 aromatic heterocycles. The van der Waals surface area contributed by atoms with Crippen LogP contribution in [0.15, 0.2) is 0 Å². The predicted octanol–water partition coefficient (Wildman–Crippen LogP) is 3.16. The molecular weight excluding hydrogens is 654 g/mol. The van der Waals surface area contributed by atoms with Crippen molar-refractivity contribution in [3.8, 4) is 0 Å². The molecule has 15 nitrogen and oxygen atoms in total. The van der Waals surface area contributed by atoms with E-state index in [9.17, 15) is 33.9 Å². The molecule has 0 aliphatic heterocycles. The fourth-order valence-corrected chi connectivity index (χ4v) is 4.88. The number of unbranched alkanes of at least 4 members (excludes halogenated alkanes) is 13. The van der Waals surface area contributed by atoms with Gasteiger partial charge in [0.25, 0.3) is 0 Å². The molecule has 0 aliphatic rings. The molecule has 0 saturated carbocycles. The quantitative estimate of drug-likeness (QED) is 0.0460. The highest BCUT2D eigenvalue weighted by Crippen LogP contribution is 2.14. The predicted molar refractivity (Wildman–Crippen MR) is 186 cm³/mol. The third-order valence-electron chi connectivity index (χ3n) is 7.64. The van der Waals surface area contributed by atoms with Crippen LogP contribution in [0.25, 0.3) is 0 Å². The molecule has 0 bridgehead atoms. The average Bonchev–Trinajstić information content (AvgIpc) is 3.08. The number of carbonyl (C=O) groups is 6. The van der Waals surface area contributed by atoms with Crippen LogP contribution in [-0.2, 0) is 47.7 Å². The number of rotatable bonds is 38. The van der Waals surface area contributed by atoms with E-state index in [1.165, 1.54) is 44.9 Å². The van der Waals surface area contributed by atoms with Gasteiger partial charge >= 0.3 is 11.9 Å². The van der Waals surface area contributed by atoms with Crippen LogP contribution in [0.5, 0.6) is 0 Å². The molecule has 0 aromatic rings. The molecule has 0 aromatic carbocycles. The minimum absolute atomic E-state index is 0.0155. The van der Waals surface area contributed by atoms with Gasteiger partial charge < -0.3 is 49.9 Å². The van der Waals surface area contributed by atoms with Gasteiger partial charge in [0, 0.05) is 32.4 Å². The Hall–Kier alpha value is -3.14. The SMILES string of the molecule is O=CCOCCOCCNC(=O)COCCOCCNC(=O)CC[C@H](NC(=O)CCCCCCCCCCCCCCCCC(=O)O)C(=O)O. The Morgan fingerprint density at radius 2 is 0.980 bits per heavy atom. The Bertz CT molecular complexity index is 906. The number of hydrogen-bond donors (Lipinski definition) is 5. The summed E-state index contributed by atoms with van der Waals surface area (Å²) in [5.74, 6) is -2.85. The van der Waals surface area contributed by atoms with Crippen molar-refractivity contribution in [2.24, 2.45) is 0 Å². The second-order valence-corrected chi connectivity index (χ2v) is 12.1. The maximum atomic E-state index is 12.3. The number of carboxylic acid groups (broad SMARTS) is 2. The molecule has 50 heavy (non-hydrogen) atoms. The average molecular weight is 718 g/mol. The number of amides is 3. The van der Waals surface area contributed by atoms with Crippen LogP contribution >= 0.6 is 0 Å². The molecule has 290 valence electrons. The topological polar surface area (TPSA) is 216 Å². The maximum absolute atomic E-state index is 12.3. The number of ether oxygens (including phenoxy) is 4. The van der Waals surface area contributed by atoms with Crippen LogP contribution in [0.2, 0.25) is 0 Å². The normalized spacial score (nSPS) is 11.5. The molecule has 0 aliphatic carbocycles. The summed E-state index contributed by atoms with van der Waals surface area (Å²) in [6.45, 7) is 2.01. The molecule has 0 rings (SSSR count). The summed E-state index contributed by atoms with van der Waals surface area (Å²) in [5, 5.41) is 25.9. The number of carboxylic acids is 2. The first-order valence-corrected chi connectivity index (χ1v) is 18.3. The van der Waals surface area contributed by atoms with Crippen LogP contribution in [0.1, 0.15) is 116 Å². The van der Waals surface area contributed by atoms with Gasteiger partial charge in [0.1, 0.15) is 25.5 Å². The minimum Gasteiger partial charge on any atom is -0.481 e. The van der Waals surface area contributed by atoms with E-state index in [2.05, 4.69) is 16.0 Å². The lowest BCUT2D eigenvalue weighted by atomic mass is 10.0. The van der Waals surface area contributed by atoms with E-state index in [1.54, 1.807) is 0 Å². The number of aldehydes is 1. The standard InChI is InChI=1S/C35H63N3O12/c39-21-24-49-26-25-47-23-20-37-33(42)29-50-28-27-48-22-19-36-31(40)18-17-30(35(45)46)38-32(41)15-13-11-9-7-5-3-1-2-4-6-8-10-12-14-16-34(43)44/h21,30H,1-20,22-29H2,(H,36,40)(H,37,42)(H,38,41)(H,43,44)(H,45,46)/t30-/m0/s1. The molecule has 15 heteroatoms. The Kier molecular flexibility index (Phi) is 33.4. The van der Waals surface area contributed by atoms with Crippen molar-refractivity contribution in [3.63, 3.8) is 0 Å². The van der Waals surface area contributed by atoms with Crippen molar-refractivity contribution in [2.45, 2.75) is 122 Å². The van der Waals surface area contributed by atoms with Crippen molar-refractivity contribution in [3.05, 3.63) is 0 Å². The van der Waals surface area contributed by atoms with Crippen LogP contribution in [-0.4, -0.2) is 118 Å². The van der Waals surface area contributed by atoms with Crippen LogP contribution in [0, 0.1) is 0 Å². The highest BCUT2D eigenvalue weighted by molar-refractivity contribution is 5.84. The maximum Gasteiger partial charge on any atom is 0.326 e. The fourth-order valence-electron chi connectivity index (χ4n) is 4.88. The molecule has 0 fully saturated rings. The van der Waals surface area contributed by atoms with Gasteiger partial charge in [0.05, 0.1) is 39.6 Å². The number of nitrogens with one attached hydrogen (secondary N) is 3.